The Hall–Kier alpha value is -0.560. The lowest BCUT2D eigenvalue weighted by Crippen LogP contribution is -2.20. The Morgan fingerprint density at radius 3 is 2.76 bits per heavy atom. The quantitative estimate of drug-likeness (QED) is 0.751. The number of hydrogen-bond donors (Lipinski definition) is 0. The first kappa shape index (κ1) is 14.5. The van der Waals surface area contributed by atoms with Crippen molar-refractivity contribution in [3.8, 4) is 0 Å². The molecular weight excluding hydrogens is 301 g/mol. The molecule has 0 bridgehead atoms. The molecule has 0 aromatic carbocycles. The van der Waals surface area contributed by atoms with Gasteiger partial charge in [-0.2, -0.15) is 18.3 Å². The summed E-state index contributed by atoms with van der Waals surface area (Å²) >= 11 is 3.16. The normalized spacial score (nSPS) is 12.1. The van der Waals surface area contributed by atoms with Gasteiger partial charge < -0.3 is 4.74 Å². The topological polar surface area (TPSA) is 27.1 Å². The van der Waals surface area contributed by atoms with Crippen LogP contribution in [-0.2, 0) is 17.9 Å². The van der Waals surface area contributed by atoms with Gasteiger partial charge in [-0.3, -0.25) is 4.68 Å². The largest absolute Gasteiger partial charge is 0.408 e. The van der Waals surface area contributed by atoms with E-state index >= 15 is 0 Å². The minimum atomic E-state index is -4.27. The summed E-state index contributed by atoms with van der Waals surface area (Å²) in [6.45, 7) is 1.61. The predicted molar refractivity (Wildman–Crippen MR) is 60.5 cm³/mol. The first-order valence-electron chi connectivity index (χ1n) is 5.28. The van der Waals surface area contributed by atoms with Crippen LogP contribution < -0.4 is 0 Å². The van der Waals surface area contributed by atoms with Crippen LogP contribution in [0.3, 0.4) is 0 Å². The van der Waals surface area contributed by atoms with Crippen LogP contribution in [0, 0.1) is 0 Å². The average Bonchev–Trinajstić information content (AvgIpc) is 2.53. The maximum absolute atomic E-state index is 12.3. The van der Waals surface area contributed by atoms with E-state index in [1.54, 1.807) is 0 Å². The van der Waals surface area contributed by atoms with Crippen molar-refractivity contribution in [2.45, 2.75) is 39.1 Å². The zero-order valence-electron chi connectivity index (χ0n) is 9.43. The molecule has 3 nitrogen and oxygen atoms in total. The molecule has 98 valence electrons. The lowest BCUT2D eigenvalue weighted by molar-refractivity contribution is -0.143. The van der Waals surface area contributed by atoms with Crippen molar-refractivity contribution >= 4 is 15.9 Å². The zero-order valence-corrected chi connectivity index (χ0v) is 11.0. The third-order valence-electron chi connectivity index (χ3n) is 2.11. The number of nitrogens with zero attached hydrogens (tertiary/aromatic N) is 2. The molecule has 1 aromatic rings. The van der Waals surface area contributed by atoms with Gasteiger partial charge in [0.2, 0.25) is 0 Å². The Bertz CT molecular complexity index is 352. The van der Waals surface area contributed by atoms with Crippen LogP contribution in [0.15, 0.2) is 10.7 Å². The van der Waals surface area contributed by atoms with Crippen molar-refractivity contribution in [3.63, 3.8) is 0 Å². The van der Waals surface area contributed by atoms with Gasteiger partial charge in [-0.05, 0) is 22.4 Å². The molecule has 0 atom stereocenters. The summed E-state index contributed by atoms with van der Waals surface area (Å²) in [4.78, 5) is 0. The van der Waals surface area contributed by atoms with Crippen LogP contribution in [0.25, 0.3) is 0 Å². The zero-order chi connectivity index (χ0) is 12.9. The molecule has 1 heterocycles. The second kappa shape index (κ2) is 6.39. The van der Waals surface area contributed by atoms with E-state index in [0.29, 0.717) is 16.8 Å². The first-order chi connectivity index (χ1) is 7.94. The van der Waals surface area contributed by atoms with Gasteiger partial charge in [0.15, 0.2) is 0 Å². The molecule has 0 aliphatic carbocycles. The molecule has 7 heteroatoms. The third kappa shape index (κ3) is 5.08. The van der Waals surface area contributed by atoms with Crippen LogP contribution >= 0.6 is 15.9 Å². The van der Waals surface area contributed by atoms with E-state index in [1.165, 1.54) is 6.20 Å². The predicted octanol–water partition coefficient (Wildman–Crippen LogP) is 3.52. The minimum absolute atomic E-state index is 0.136. The fourth-order valence-electron chi connectivity index (χ4n) is 1.25. The maximum atomic E-state index is 12.3. The highest BCUT2D eigenvalue weighted by molar-refractivity contribution is 9.10. The molecule has 0 amide bonds. The molecule has 1 rings (SSSR count). The lowest BCUT2D eigenvalue weighted by atomic mass is 10.3. The number of halogens is 4. The number of hydrogen-bond acceptors (Lipinski definition) is 2. The summed E-state index contributed by atoms with van der Waals surface area (Å²) in [7, 11) is 0. The van der Waals surface area contributed by atoms with Gasteiger partial charge in [0.05, 0.1) is 23.0 Å². The van der Waals surface area contributed by atoms with E-state index in [1.807, 2.05) is 6.92 Å². The van der Waals surface area contributed by atoms with Crippen molar-refractivity contribution in [2.24, 2.45) is 0 Å². The standard InChI is InChI=1S/C10H14BrF3N2O/c1-2-3-4-17-6-9-8(11)5-15-16(9)7-10(12,13)14/h5H,2-4,6-7H2,1H3. The first-order valence-corrected chi connectivity index (χ1v) is 6.08. The van der Waals surface area contributed by atoms with Gasteiger partial charge in [-0.1, -0.05) is 13.3 Å². The summed E-state index contributed by atoms with van der Waals surface area (Å²) in [5.41, 5.74) is 0.415. The fourth-order valence-corrected chi connectivity index (χ4v) is 1.66. The fraction of sp³-hybridized carbons (Fsp3) is 0.700. The summed E-state index contributed by atoms with van der Waals surface area (Å²) < 4.78 is 43.5. The molecule has 0 fully saturated rings. The van der Waals surface area contributed by atoms with Gasteiger partial charge in [0.25, 0.3) is 0 Å². The molecule has 0 radical (unpaired) electrons. The summed E-state index contributed by atoms with van der Waals surface area (Å²) in [6, 6.07) is 0. The van der Waals surface area contributed by atoms with Gasteiger partial charge >= 0.3 is 6.18 Å². The molecule has 0 saturated heterocycles. The van der Waals surface area contributed by atoms with E-state index in [0.717, 1.165) is 17.5 Å². The van der Waals surface area contributed by atoms with Crippen LogP contribution in [-0.4, -0.2) is 22.6 Å². The molecule has 0 N–H and O–H groups in total. The summed E-state index contributed by atoms with van der Waals surface area (Å²) in [5.74, 6) is 0. The van der Waals surface area contributed by atoms with Crippen molar-refractivity contribution in [3.05, 3.63) is 16.4 Å². The lowest BCUT2D eigenvalue weighted by Gasteiger charge is -2.11. The Labute approximate surface area is 106 Å². The molecule has 17 heavy (non-hydrogen) atoms. The van der Waals surface area contributed by atoms with Crippen LogP contribution in [0.5, 0.6) is 0 Å². The minimum Gasteiger partial charge on any atom is -0.375 e. The molecular formula is C10H14BrF3N2O. The number of aromatic nitrogens is 2. The highest BCUT2D eigenvalue weighted by Crippen LogP contribution is 2.22. The Kier molecular flexibility index (Phi) is 5.45. The smallest absolute Gasteiger partial charge is 0.375 e. The van der Waals surface area contributed by atoms with Gasteiger partial charge in [0, 0.05) is 6.61 Å². The van der Waals surface area contributed by atoms with Crippen molar-refractivity contribution in [1.82, 2.24) is 9.78 Å². The van der Waals surface area contributed by atoms with E-state index < -0.39 is 12.7 Å². The maximum Gasteiger partial charge on any atom is 0.408 e. The molecule has 0 spiro atoms. The second-order valence-corrected chi connectivity index (χ2v) is 4.47. The van der Waals surface area contributed by atoms with Crippen molar-refractivity contribution < 1.29 is 17.9 Å². The van der Waals surface area contributed by atoms with Gasteiger partial charge in [0.1, 0.15) is 6.54 Å². The van der Waals surface area contributed by atoms with Crippen LogP contribution in [0.1, 0.15) is 25.5 Å². The SMILES string of the molecule is CCCCOCc1c(Br)cnn1CC(F)(F)F. The Morgan fingerprint density at radius 1 is 1.47 bits per heavy atom. The summed E-state index contributed by atoms with van der Waals surface area (Å²) in [5, 5.41) is 3.67. The highest BCUT2D eigenvalue weighted by Gasteiger charge is 2.29. The van der Waals surface area contributed by atoms with Crippen LogP contribution in [0.2, 0.25) is 0 Å². The van der Waals surface area contributed by atoms with E-state index in [4.69, 9.17) is 4.74 Å². The number of unbranched alkanes of at least 4 members (excludes halogenated alkanes) is 1. The monoisotopic (exact) mass is 314 g/mol. The van der Waals surface area contributed by atoms with E-state index in [-0.39, 0.29) is 6.61 Å². The Morgan fingerprint density at radius 2 is 2.18 bits per heavy atom. The van der Waals surface area contributed by atoms with Crippen molar-refractivity contribution in [2.75, 3.05) is 6.61 Å². The second-order valence-electron chi connectivity index (χ2n) is 3.62. The average molecular weight is 315 g/mol. The van der Waals surface area contributed by atoms with Gasteiger partial charge in [-0.25, -0.2) is 0 Å². The van der Waals surface area contributed by atoms with Crippen LogP contribution in [0.4, 0.5) is 13.2 Å². The molecule has 0 saturated carbocycles. The van der Waals surface area contributed by atoms with Gasteiger partial charge in [-0.15, -0.1) is 0 Å². The molecule has 1 aromatic heterocycles. The molecule has 0 aliphatic heterocycles. The third-order valence-corrected chi connectivity index (χ3v) is 2.77. The van der Waals surface area contributed by atoms with E-state index in [9.17, 15) is 13.2 Å². The van der Waals surface area contributed by atoms with E-state index in [2.05, 4.69) is 21.0 Å². The number of alkyl halides is 3. The highest BCUT2D eigenvalue weighted by atomic mass is 79.9. The molecule has 0 aliphatic rings. The number of rotatable bonds is 6. The molecule has 0 unspecified atom stereocenters. The summed E-state index contributed by atoms with van der Waals surface area (Å²) in [6.07, 6.45) is -1.04. The van der Waals surface area contributed by atoms with Crippen molar-refractivity contribution in [1.29, 1.82) is 0 Å². The Balaban J connectivity index is 2.60. The number of ether oxygens (including phenoxy) is 1.